The van der Waals surface area contributed by atoms with E-state index in [2.05, 4.69) is 31.1 Å². The van der Waals surface area contributed by atoms with E-state index in [9.17, 15) is 4.79 Å². The fraction of sp³-hybridized carbons (Fsp3) is 0.500. The molecule has 0 amide bonds. The first-order valence-corrected chi connectivity index (χ1v) is 6.90. The van der Waals surface area contributed by atoms with Gasteiger partial charge in [-0.25, -0.2) is 4.79 Å². The highest BCUT2D eigenvalue weighted by Crippen LogP contribution is 2.29. The molecule has 0 aliphatic heterocycles. The van der Waals surface area contributed by atoms with Gasteiger partial charge < -0.3 is 9.94 Å². The quantitative estimate of drug-likeness (QED) is 0.584. The summed E-state index contributed by atoms with van der Waals surface area (Å²) in [6.07, 6.45) is 2.86. The largest absolute Gasteiger partial charge is 0.479 e. The average molecular weight is 277 g/mol. The van der Waals surface area contributed by atoms with Gasteiger partial charge in [-0.2, -0.15) is 0 Å². The van der Waals surface area contributed by atoms with E-state index in [0.29, 0.717) is 0 Å². The van der Waals surface area contributed by atoms with E-state index in [1.165, 1.54) is 5.56 Å². The number of nitrogens with zero attached hydrogens (tertiary/aromatic N) is 1. The predicted octanol–water partition coefficient (Wildman–Crippen LogP) is 3.51. The zero-order valence-electron chi connectivity index (χ0n) is 12.4. The molecule has 0 heterocycles. The van der Waals surface area contributed by atoms with Crippen molar-refractivity contribution in [2.75, 3.05) is 6.61 Å². The molecule has 0 aromatic heterocycles. The molecule has 4 nitrogen and oxygen atoms in total. The number of carbonyl (C=O) groups is 1. The van der Waals surface area contributed by atoms with Gasteiger partial charge in [0.25, 0.3) is 0 Å². The molecule has 1 N–H and O–H groups in total. The molecular weight excluding hydrogens is 254 g/mol. The van der Waals surface area contributed by atoms with E-state index in [1.54, 1.807) is 0 Å². The van der Waals surface area contributed by atoms with Gasteiger partial charge in [0, 0.05) is 5.41 Å². The Balaban J connectivity index is 2.63. The highest BCUT2D eigenvalue weighted by atomic mass is 16.6. The van der Waals surface area contributed by atoms with Crippen LogP contribution < -0.4 is 0 Å². The minimum absolute atomic E-state index is 0.0751. The molecule has 0 aliphatic carbocycles. The van der Waals surface area contributed by atoms with Gasteiger partial charge in [0.1, 0.15) is 0 Å². The van der Waals surface area contributed by atoms with Gasteiger partial charge in [0.2, 0.25) is 6.61 Å². The number of hydrogen-bond donors (Lipinski definition) is 1. The number of aliphatic carboxylic acids is 1. The predicted molar refractivity (Wildman–Crippen MR) is 79.9 cm³/mol. The zero-order chi connectivity index (χ0) is 15.0. The fourth-order valence-corrected chi connectivity index (χ4v) is 1.97. The summed E-state index contributed by atoms with van der Waals surface area (Å²) in [5.41, 5.74) is 2.07. The monoisotopic (exact) mass is 277 g/mol. The van der Waals surface area contributed by atoms with Gasteiger partial charge >= 0.3 is 5.97 Å². The number of hydrogen-bond acceptors (Lipinski definition) is 3. The van der Waals surface area contributed by atoms with Crippen molar-refractivity contribution < 1.29 is 14.7 Å². The van der Waals surface area contributed by atoms with E-state index >= 15 is 0 Å². The lowest BCUT2D eigenvalue weighted by atomic mass is 9.78. The molecule has 1 atom stereocenters. The summed E-state index contributed by atoms with van der Waals surface area (Å²) in [4.78, 5) is 15.3. The van der Waals surface area contributed by atoms with Crippen LogP contribution in [0.25, 0.3) is 0 Å². The molecule has 0 bridgehead atoms. The van der Waals surface area contributed by atoms with Crippen LogP contribution in [0.2, 0.25) is 0 Å². The van der Waals surface area contributed by atoms with Crippen LogP contribution in [-0.2, 0) is 16.1 Å². The third-order valence-corrected chi connectivity index (χ3v) is 3.85. The molecule has 1 unspecified atom stereocenters. The van der Waals surface area contributed by atoms with Crippen LogP contribution in [0.3, 0.4) is 0 Å². The van der Waals surface area contributed by atoms with Crippen LogP contribution in [0.5, 0.6) is 0 Å². The van der Waals surface area contributed by atoms with Crippen molar-refractivity contribution in [1.29, 1.82) is 0 Å². The lowest BCUT2D eigenvalue weighted by molar-refractivity contribution is -0.142. The van der Waals surface area contributed by atoms with Gasteiger partial charge in [-0.15, -0.1) is 0 Å². The van der Waals surface area contributed by atoms with Crippen LogP contribution in [0.15, 0.2) is 35.5 Å². The molecule has 0 saturated carbocycles. The van der Waals surface area contributed by atoms with Gasteiger partial charge in [0.05, 0.1) is 5.71 Å². The van der Waals surface area contributed by atoms with Crippen molar-refractivity contribution in [3.63, 3.8) is 0 Å². The molecule has 0 radical (unpaired) electrons. The molecule has 0 spiro atoms. The van der Waals surface area contributed by atoms with E-state index in [4.69, 9.17) is 9.94 Å². The summed E-state index contributed by atoms with van der Waals surface area (Å²) in [6.45, 7) is 5.76. The molecule has 110 valence electrons. The van der Waals surface area contributed by atoms with Crippen LogP contribution in [0.4, 0.5) is 0 Å². The number of benzene rings is 1. The first-order valence-electron chi connectivity index (χ1n) is 6.90. The molecule has 1 rings (SSSR count). The number of carboxylic acid groups (broad SMARTS) is 1. The SMILES string of the molecule is CCC(C)(CCc1ccccc1)C(C)=NOCC(=O)O. The first-order chi connectivity index (χ1) is 9.48. The lowest BCUT2D eigenvalue weighted by Crippen LogP contribution is -2.26. The second-order valence-electron chi connectivity index (χ2n) is 5.24. The van der Waals surface area contributed by atoms with Crippen molar-refractivity contribution in [2.45, 2.75) is 40.0 Å². The highest BCUT2D eigenvalue weighted by Gasteiger charge is 2.26. The van der Waals surface area contributed by atoms with E-state index in [0.717, 1.165) is 25.0 Å². The number of rotatable bonds is 8. The second-order valence-corrected chi connectivity index (χ2v) is 5.24. The number of carboxylic acids is 1. The maximum Gasteiger partial charge on any atom is 0.344 e. The Bertz CT molecular complexity index is 456. The average Bonchev–Trinajstić information content (AvgIpc) is 2.45. The van der Waals surface area contributed by atoms with Gasteiger partial charge in [-0.05, 0) is 31.7 Å². The van der Waals surface area contributed by atoms with Gasteiger partial charge in [-0.1, -0.05) is 49.3 Å². The second kappa shape index (κ2) is 7.68. The molecular formula is C16H23NO3. The summed E-state index contributed by atoms with van der Waals surface area (Å²) in [5.74, 6) is -1.01. The van der Waals surface area contributed by atoms with Gasteiger partial charge in [-0.3, -0.25) is 0 Å². The van der Waals surface area contributed by atoms with Crippen molar-refractivity contribution in [3.8, 4) is 0 Å². The van der Waals surface area contributed by atoms with E-state index in [-0.39, 0.29) is 5.41 Å². The summed E-state index contributed by atoms with van der Waals surface area (Å²) >= 11 is 0. The molecule has 4 heteroatoms. The molecule has 1 aromatic rings. The Morgan fingerprint density at radius 2 is 2.00 bits per heavy atom. The molecule has 0 saturated heterocycles. The molecule has 0 fully saturated rings. The van der Waals surface area contributed by atoms with Crippen LogP contribution in [-0.4, -0.2) is 23.4 Å². The summed E-state index contributed by atoms with van der Waals surface area (Å²) in [6, 6.07) is 10.3. The van der Waals surface area contributed by atoms with Crippen molar-refractivity contribution >= 4 is 11.7 Å². The Morgan fingerprint density at radius 1 is 1.35 bits per heavy atom. The van der Waals surface area contributed by atoms with Crippen LogP contribution in [0, 0.1) is 5.41 Å². The third-order valence-electron chi connectivity index (χ3n) is 3.85. The van der Waals surface area contributed by atoms with Crippen molar-refractivity contribution in [1.82, 2.24) is 0 Å². The van der Waals surface area contributed by atoms with Crippen molar-refractivity contribution in [3.05, 3.63) is 35.9 Å². The number of aryl methyl sites for hydroxylation is 1. The van der Waals surface area contributed by atoms with E-state index in [1.807, 2.05) is 25.1 Å². The Labute approximate surface area is 120 Å². The summed E-state index contributed by atoms with van der Waals surface area (Å²) in [7, 11) is 0. The van der Waals surface area contributed by atoms with Crippen LogP contribution in [0.1, 0.15) is 39.2 Å². The molecule has 0 aliphatic rings. The number of oxime groups is 1. The standard InChI is InChI=1S/C16H23NO3/c1-4-16(3,13(2)17-20-12-15(18)19)11-10-14-8-6-5-7-9-14/h5-9H,4,10-12H2,1-3H3,(H,18,19). The normalized spacial score (nSPS) is 14.7. The fourth-order valence-electron chi connectivity index (χ4n) is 1.97. The van der Waals surface area contributed by atoms with Gasteiger partial charge in [0.15, 0.2) is 0 Å². The topological polar surface area (TPSA) is 58.9 Å². The van der Waals surface area contributed by atoms with Crippen LogP contribution >= 0.6 is 0 Å². The Hall–Kier alpha value is -1.84. The summed E-state index contributed by atoms with van der Waals surface area (Å²) in [5, 5.41) is 12.5. The maximum atomic E-state index is 10.4. The Kier molecular flexibility index (Phi) is 6.22. The third kappa shape index (κ3) is 5.03. The first kappa shape index (κ1) is 16.2. The van der Waals surface area contributed by atoms with Crippen molar-refractivity contribution in [2.24, 2.45) is 10.6 Å². The molecule has 20 heavy (non-hydrogen) atoms. The smallest absolute Gasteiger partial charge is 0.344 e. The minimum Gasteiger partial charge on any atom is -0.479 e. The lowest BCUT2D eigenvalue weighted by Gasteiger charge is -2.27. The summed E-state index contributed by atoms with van der Waals surface area (Å²) < 4.78 is 0. The maximum absolute atomic E-state index is 10.4. The Morgan fingerprint density at radius 3 is 2.55 bits per heavy atom. The minimum atomic E-state index is -1.01. The molecule has 1 aromatic carbocycles. The zero-order valence-corrected chi connectivity index (χ0v) is 12.4. The highest BCUT2D eigenvalue weighted by molar-refractivity contribution is 5.87. The van der Waals surface area contributed by atoms with E-state index < -0.39 is 12.6 Å².